The summed E-state index contributed by atoms with van der Waals surface area (Å²) in [6.07, 6.45) is 4.56. The zero-order valence-electron chi connectivity index (χ0n) is 14.7. The molecule has 1 unspecified atom stereocenters. The van der Waals surface area contributed by atoms with Crippen molar-refractivity contribution in [2.45, 2.75) is 59.0 Å². The molecule has 0 aliphatic carbocycles. The minimum Gasteiger partial charge on any atom is -0.485 e. The van der Waals surface area contributed by atoms with Crippen molar-refractivity contribution in [1.29, 1.82) is 0 Å². The molecule has 0 saturated heterocycles. The highest BCUT2D eigenvalue weighted by atomic mass is 32.2. The van der Waals surface area contributed by atoms with Crippen LogP contribution >= 0.6 is 11.3 Å². The molecule has 2 rings (SSSR count). The van der Waals surface area contributed by atoms with Crippen molar-refractivity contribution >= 4 is 21.5 Å². The van der Waals surface area contributed by atoms with Gasteiger partial charge in [-0.3, -0.25) is 4.18 Å². The summed E-state index contributed by atoms with van der Waals surface area (Å²) in [5.41, 5.74) is -0.141. The summed E-state index contributed by atoms with van der Waals surface area (Å²) in [6, 6.07) is 0. The van der Waals surface area contributed by atoms with Gasteiger partial charge in [0, 0.05) is 10.8 Å². The van der Waals surface area contributed by atoms with Gasteiger partial charge in [0.25, 0.3) is 10.1 Å². The number of hydrogen-bond acceptors (Lipinski definition) is 6. The molecule has 1 aliphatic heterocycles. The molecule has 0 bridgehead atoms. The number of unbranched alkanes of at least 4 members (excludes halogenated alkanes) is 3. The maximum atomic E-state index is 11.8. The van der Waals surface area contributed by atoms with Gasteiger partial charge in [-0.2, -0.15) is 8.42 Å². The van der Waals surface area contributed by atoms with Crippen LogP contribution in [0.5, 0.6) is 11.5 Å². The summed E-state index contributed by atoms with van der Waals surface area (Å²) in [6.45, 7) is 6.70. The zero-order valence-corrected chi connectivity index (χ0v) is 16.4. The summed E-state index contributed by atoms with van der Waals surface area (Å²) in [5, 5.41) is 3.91. The van der Waals surface area contributed by atoms with E-state index in [1.54, 1.807) is 11.3 Å². The number of hydrogen-bond donors (Lipinski definition) is 0. The number of thiophene rings is 1. The normalized spacial score (nSPS) is 17.9. The Hall–Kier alpha value is -0.790. The first-order valence-electron chi connectivity index (χ1n) is 8.48. The summed E-state index contributed by atoms with van der Waals surface area (Å²) in [4.78, 5) is 0. The van der Waals surface area contributed by atoms with Crippen molar-refractivity contribution in [3.05, 3.63) is 10.8 Å². The fourth-order valence-electron chi connectivity index (χ4n) is 2.33. The first-order valence-corrected chi connectivity index (χ1v) is 11.0. The van der Waals surface area contributed by atoms with Gasteiger partial charge in [0.15, 0.2) is 11.5 Å². The third-order valence-corrected chi connectivity index (χ3v) is 5.62. The number of ether oxygens (including phenoxy) is 2. The van der Waals surface area contributed by atoms with E-state index in [1.165, 1.54) is 0 Å². The van der Waals surface area contributed by atoms with Crippen LogP contribution in [0.2, 0.25) is 0 Å². The Morgan fingerprint density at radius 2 is 1.88 bits per heavy atom. The van der Waals surface area contributed by atoms with Gasteiger partial charge in [0.2, 0.25) is 0 Å². The first kappa shape index (κ1) is 19.5. The molecule has 0 radical (unpaired) electrons. The molecular formula is C17H28O5S2. The van der Waals surface area contributed by atoms with E-state index in [4.69, 9.17) is 13.7 Å². The molecule has 0 saturated carbocycles. The summed E-state index contributed by atoms with van der Waals surface area (Å²) < 4.78 is 40.1. The predicted molar refractivity (Wildman–Crippen MR) is 96.5 cm³/mol. The fraction of sp³-hybridized carbons (Fsp3) is 0.765. The van der Waals surface area contributed by atoms with E-state index >= 15 is 0 Å². The first-order chi connectivity index (χ1) is 11.3. The van der Waals surface area contributed by atoms with E-state index in [0.717, 1.165) is 37.2 Å². The monoisotopic (exact) mass is 376 g/mol. The smallest absolute Gasteiger partial charge is 0.267 e. The molecule has 138 valence electrons. The van der Waals surface area contributed by atoms with Crippen LogP contribution in [0.25, 0.3) is 0 Å². The van der Waals surface area contributed by atoms with Gasteiger partial charge >= 0.3 is 0 Å². The molecule has 0 fully saturated rings. The Balaban J connectivity index is 1.54. The van der Waals surface area contributed by atoms with Crippen LogP contribution < -0.4 is 9.47 Å². The lowest BCUT2D eigenvalue weighted by Gasteiger charge is -2.24. The molecular weight excluding hydrogens is 348 g/mol. The maximum Gasteiger partial charge on any atom is 0.267 e. The molecule has 1 aromatic rings. The van der Waals surface area contributed by atoms with Crippen molar-refractivity contribution in [3.63, 3.8) is 0 Å². The average molecular weight is 377 g/mol. The van der Waals surface area contributed by atoms with Crippen LogP contribution in [-0.2, 0) is 14.3 Å². The SMILES string of the molecule is CC(C)(C)COS(=O)(=O)CCCCCCC1COc2cscc2O1. The van der Waals surface area contributed by atoms with Crippen molar-refractivity contribution in [2.75, 3.05) is 19.0 Å². The van der Waals surface area contributed by atoms with Crippen molar-refractivity contribution in [1.82, 2.24) is 0 Å². The van der Waals surface area contributed by atoms with Crippen LogP contribution in [0, 0.1) is 5.41 Å². The Kier molecular flexibility index (Phi) is 6.95. The Bertz CT molecular complexity index is 601. The van der Waals surface area contributed by atoms with Crippen LogP contribution in [-0.4, -0.2) is 33.5 Å². The second kappa shape index (κ2) is 8.54. The van der Waals surface area contributed by atoms with Crippen LogP contribution in [0.4, 0.5) is 0 Å². The molecule has 2 heterocycles. The molecule has 1 aromatic heterocycles. The van der Waals surface area contributed by atoms with Gasteiger partial charge in [0.1, 0.15) is 12.7 Å². The molecule has 0 spiro atoms. The van der Waals surface area contributed by atoms with Gasteiger partial charge in [-0.1, -0.05) is 33.6 Å². The van der Waals surface area contributed by atoms with Crippen LogP contribution in [0.1, 0.15) is 52.9 Å². The third-order valence-electron chi connectivity index (χ3n) is 3.65. The average Bonchev–Trinajstić information content (AvgIpc) is 2.96. The molecule has 1 aliphatic rings. The molecule has 0 N–H and O–H groups in total. The van der Waals surface area contributed by atoms with E-state index in [-0.39, 0.29) is 23.9 Å². The molecule has 7 heteroatoms. The van der Waals surface area contributed by atoms with E-state index in [0.29, 0.717) is 13.0 Å². The molecule has 24 heavy (non-hydrogen) atoms. The third kappa shape index (κ3) is 6.99. The Morgan fingerprint density at radius 1 is 1.17 bits per heavy atom. The summed E-state index contributed by atoms with van der Waals surface area (Å²) in [5.74, 6) is 1.79. The topological polar surface area (TPSA) is 61.8 Å². The molecule has 0 aromatic carbocycles. The molecule has 1 atom stereocenters. The quantitative estimate of drug-likeness (QED) is 0.477. The van der Waals surface area contributed by atoms with E-state index < -0.39 is 10.1 Å². The number of rotatable bonds is 9. The van der Waals surface area contributed by atoms with Crippen LogP contribution in [0.3, 0.4) is 0 Å². The van der Waals surface area contributed by atoms with Crippen LogP contribution in [0.15, 0.2) is 10.8 Å². The minimum atomic E-state index is -3.39. The van der Waals surface area contributed by atoms with Gasteiger partial charge in [-0.15, -0.1) is 11.3 Å². The largest absolute Gasteiger partial charge is 0.485 e. The van der Waals surface area contributed by atoms with Gasteiger partial charge in [0.05, 0.1) is 12.4 Å². The highest BCUT2D eigenvalue weighted by molar-refractivity contribution is 7.86. The lowest BCUT2D eigenvalue weighted by Crippen LogP contribution is -2.28. The van der Waals surface area contributed by atoms with E-state index in [1.807, 2.05) is 31.5 Å². The van der Waals surface area contributed by atoms with Crippen molar-refractivity contribution in [3.8, 4) is 11.5 Å². The maximum absolute atomic E-state index is 11.8. The summed E-state index contributed by atoms with van der Waals surface area (Å²) in [7, 11) is -3.39. The van der Waals surface area contributed by atoms with Crippen molar-refractivity contribution in [2.24, 2.45) is 5.41 Å². The fourth-order valence-corrected chi connectivity index (χ4v) is 4.21. The number of fused-ring (bicyclic) bond motifs is 1. The highest BCUT2D eigenvalue weighted by Crippen LogP contribution is 2.36. The predicted octanol–water partition coefficient (Wildman–Crippen LogP) is 4.23. The lowest BCUT2D eigenvalue weighted by atomic mass is 9.99. The zero-order chi connectivity index (χ0) is 17.6. The van der Waals surface area contributed by atoms with Gasteiger partial charge in [-0.25, -0.2) is 0 Å². The summed E-state index contributed by atoms with van der Waals surface area (Å²) >= 11 is 1.58. The molecule has 5 nitrogen and oxygen atoms in total. The van der Waals surface area contributed by atoms with E-state index in [9.17, 15) is 8.42 Å². The second-order valence-electron chi connectivity index (χ2n) is 7.44. The Morgan fingerprint density at radius 3 is 2.62 bits per heavy atom. The standard InChI is InChI=1S/C17H28O5S2/c1-17(2,3)13-21-24(18,19)9-7-5-4-6-8-14-10-20-15-11-23-12-16(15)22-14/h11-12,14H,4-10,13H2,1-3H3. The minimum absolute atomic E-state index is 0.102. The Labute approximate surface area is 149 Å². The lowest BCUT2D eigenvalue weighted by molar-refractivity contribution is 0.0842. The van der Waals surface area contributed by atoms with Gasteiger partial charge in [-0.05, 0) is 24.7 Å². The van der Waals surface area contributed by atoms with Crippen molar-refractivity contribution < 1.29 is 22.1 Å². The molecule has 0 amide bonds. The highest BCUT2D eigenvalue weighted by Gasteiger charge is 2.21. The second-order valence-corrected chi connectivity index (χ2v) is 9.94. The van der Waals surface area contributed by atoms with E-state index in [2.05, 4.69) is 0 Å². The van der Waals surface area contributed by atoms with Gasteiger partial charge < -0.3 is 9.47 Å².